The minimum absolute atomic E-state index is 0.0596. The summed E-state index contributed by atoms with van der Waals surface area (Å²) in [5.74, 6) is 0.553. The first-order valence-electron chi connectivity index (χ1n) is 8.78. The Bertz CT molecular complexity index is 948. The van der Waals surface area contributed by atoms with Crippen LogP contribution >= 0.6 is 0 Å². The molecule has 0 spiro atoms. The summed E-state index contributed by atoms with van der Waals surface area (Å²) in [7, 11) is 0. The molecule has 0 aliphatic heterocycles. The molecule has 0 saturated heterocycles. The van der Waals surface area contributed by atoms with Gasteiger partial charge in [0.2, 0.25) is 0 Å². The number of aromatic amines is 1. The molecule has 6 nitrogen and oxygen atoms in total. The Morgan fingerprint density at radius 3 is 2.44 bits per heavy atom. The molecule has 0 unspecified atom stereocenters. The maximum absolute atomic E-state index is 12.0. The molecule has 6 heteroatoms. The van der Waals surface area contributed by atoms with E-state index in [0.29, 0.717) is 19.0 Å². The minimum atomic E-state index is -0.443. The average molecular weight is 360 g/mol. The van der Waals surface area contributed by atoms with Crippen LogP contribution in [0.4, 0.5) is 10.6 Å². The molecule has 4 rings (SSSR count). The molecule has 1 heterocycles. The van der Waals surface area contributed by atoms with E-state index in [1.165, 1.54) is 22.3 Å². The number of alkyl carbamates (subject to hydrolysis) is 1. The highest BCUT2D eigenvalue weighted by atomic mass is 16.5. The Morgan fingerprint density at radius 2 is 1.81 bits per heavy atom. The maximum Gasteiger partial charge on any atom is 0.407 e. The molecule has 136 valence electrons. The van der Waals surface area contributed by atoms with Gasteiger partial charge in [0.25, 0.3) is 0 Å². The second kappa shape index (κ2) is 7.37. The first kappa shape index (κ1) is 16.9. The number of nitrogens with zero attached hydrogens (tertiary/aromatic N) is 1. The van der Waals surface area contributed by atoms with Crippen molar-refractivity contribution in [3.8, 4) is 11.1 Å². The number of aromatic nitrogens is 2. The fraction of sp³-hybridized carbons (Fsp3) is 0.143. The fourth-order valence-electron chi connectivity index (χ4n) is 3.42. The van der Waals surface area contributed by atoms with Crippen molar-refractivity contribution >= 4 is 18.0 Å². The lowest BCUT2D eigenvalue weighted by Crippen LogP contribution is -2.26. The molecule has 1 aliphatic carbocycles. The van der Waals surface area contributed by atoms with Crippen LogP contribution in [0.3, 0.4) is 0 Å². The molecule has 0 saturated carbocycles. The summed E-state index contributed by atoms with van der Waals surface area (Å²) in [6, 6.07) is 16.5. The predicted molar refractivity (Wildman–Crippen MR) is 105 cm³/mol. The van der Waals surface area contributed by atoms with Gasteiger partial charge in [-0.25, -0.2) is 4.79 Å². The molecule has 1 aliphatic rings. The summed E-state index contributed by atoms with van der Waals surface area (Å²) in [5, 5.41) is 9.20. The van der Waals surface area contributed by atoms with E-state index in [2.05, 4.69) is 39.8 Å². The van der Waals surface area contributed by atoms with Gasteiger partial charge in [-0.2, -0.15) is 5.10 Å². The second-order valence-corrected chi connectivity index (χ2v) is 6.35. The summed E-state index contributed by atoms with van der Waals surface area (Å²) in [4.78, 5) is 12.0. The smallest absolute Gasteiger partial charge is 0.407 e. The molecule has 0 atom stereocenters. The van der Waals surface area contributed by atoms with Gasteiger partial charge in [-0.1, -0.05) is 60.7 Å². The molecule has 0 radical (unpaired) electrons. The number of fused-ring (bicyclic) bond motifs is 3. The molecule has 3 aromatic rings. The molecule has 4 N–H and O–H groups in total. The summed E-state index contributed by atoms with van der Waals surface area (Å²) in [6.07, 6.45) is 4.77. The van der Waals surface area contributed by atoms with Crippen molar-refractivity contribution < 1.29 is 9.53 Å². The van der Waals surface area contributed by atoms with E-state index in [-0.39, 0.29) is 5.92 Å². The molecule has 0 bridgehead atoms. The number of anilines is 1. The lowest BCUT2D eigenvalue weighted by molar-refractivity contribution is 0.144. The highest BCUT2D eigenvalue weighted by Gasteiger charge is 2.28. The molecule has 27 heavy (non-hydrogen) atoms. The highest BCUT2D eigenvalue weighted by molar-refractivity contribution is 5.79. The Hall–Kier alpha value is -3.54. The number of rotatable bonds is 5. The number of carbonyl (C=O) groups is 1. The van der Waals surface area contributed by atoms with Crippen molar-refractivity contribution in [2.75, 3.05) is 18.9 Å². The van der Waals surface area contributed by atoms with Crippen LogP contribution in [0, 0.1) is 0 Å². The van der Waals surface area contributed by atoms with E-state index < -0.39 is 6.09 Å². The number of nitrogens with two attached hydrogens (primary N) is 1. The number of ether oxygens (including phenoxy) is 1. The van der Waals surface area contributed by atoms with Crippen molar-refractivity contribution in [2.24, 2.45) is 0 Å². The van der Waals surface area contributed by atoms with Gasteiger partial charge in [-0.15, -0.1) is 0 Å². The SMILES string of the molecule is Nc1[nH]ncc1C=CCNC(=O)OCC1c2ccccc2-c2ccccc21. The molecule has 2 aromatic carbocycles. The maximum atomic E-state index is 12.0. The lowest BCUT2D eigenvalue weighted by Gasteiger charge is -2.14. The highest BCUT2D eigenvalue weighted by Crippen LogP contribution is 2.44. The van der Waals surface area contributed by atoms with Crippen molar-refractivity contribution in [3.05, 3.63) is 77.5 Å². The van der Waals surface area contributed by atoms with E-state index in [1.807, 2.05) is 24.3 Å². The zero-order chi connectivity index (χ0) is 18.6. The van der Waals surface area contributed by atoms with E-state index in [1.54, 1.807) is 18.3 Å². The van der Waals surface area contributed by atoms with Gasteiger partial charge in [-0.05, 0) is 22.3 Å². The zero-order valence-corrected chi connectivity index (χ0v) is 14.7. The number of amides is 1. The van der Waals surface area contributed by atoms with Crippen LogP contribution in [0.5, 0.6) is 0 Å². The van der Waals surface area contributed by atoms with Crippen LogP contribution in [0.25, 0.3) is 17.2 Å². The van der Waals surface area contributed by atoms with E-state index in [4.69, 9.17) is 10.5 Å². The number of hydrogen-bond acceptors (Lipinski definition) is 4. The van der Waals surface area contributed by atoms with Crippen LogP contribution < -0.4 is 11.1 Å². The van der Waals surface area contributed by atoms with Gasteiger partial charge < -0.3 is 15.8 Å². The van der Waals surface area contributed by atoms with Crippen molar-refractivity contribution in [1.29, 1.82) is 0 Å². The minimum Gasteiger partial charge on any atom is -0.449 e. The van der Waals surface area contributed by atoms with Gasteiger partial charge in [-0.3, -0.25) is 5.10 Å². The third-order valence-electron chi connectivity index (χ3n) is 4.70. The lowest BCUT2D eigenvalue weighted by atomic mass is 9.98. The fourth-order valence-corrected chi connectivity index (χ4v) is 3.42. The topological polar surface area (TPSA) is 93.0 Å². The molecule has 0 fully saturated rings. The van der Waals surface area contributed by atoms with Gasteiger partial charge >= 0.3 is 6.09 Å². The third kappa shape index (κ3) is 3.42. The van der Waals surface area contributed by atoms with E-state index in [0.717, 1.165) is 5.56 Å². The summed E-state index contributed by atoms with van der Waals surface area (Å²) in [6.45, 7) is 0.652. The average Bonchev–Trinajstić information content (AvgIpc) is 3.25. The van der Waals surface area contributed by atoms with Crippen molar-refractivity contribution in [1.82, 2.24) is 15.5 Å². The number of carbonyl (C=O) groups excluding carboxylic acids is 1. The summed E-state index contributed by atoms with van der Waals surface area (Å²) >= 11 is 0. The number of benzene rings is 2. The van der Waals surface area contributed by atoms with Gasteiger partial charge in [0, 0.05) is 18.0 Å². The van der Waals surface area contributed by atoms with Crippen molar-refractivity contribution in [2.45, 2.75) is 5.92 Å². The first-order chi connectivity index (χ1) is 13.2. The van der Waals surface area contributed by atoms with Crippen LogP contribution in [0.2, 0.25) is 0 Å². The Labute approximate surface area is 157 Å². The quantitative estimate of drug-likeness (QED) is 0.649. The number of nitrogens with one attached hydrogen (secondary N) is 2. The van der Waals surface area contributed by atoms with Crippen LogP contribution in [-0.4, -0.2) is 29.4 Å². The largest absolute Gasteiger partial charge is 0.449 e. The van der Waals surface area contributed by atoms with Gasteiger partial charge in [0.15, 0.2) is 0 Å². The van der Waals surface area contributed by atoms with Crippen LogP contribution in [-0.2, 0) is 4.74 Å². The Kier molecular flexibility index (Phi) is 4.61. The summed E-state index contributed by atoms with van der Waals surface area (Å²) < 4.78 is 5.47. The number of nitrogen functional groups attached to an aromatic ring is 1. The zero-order valence-electron chi connectivity index (χ0n) is 14.7. The molecular weight excluding hydrogens is 340 g/mol. The first-order valence-corrected chi connectivity index (χ1v) is 8.78. The van der Waals surface area contributed by atoms with Crippen LogP contribution in [0.15, 0.2) is 60.8 Å². The Balaban J connectivity index is 1.35. The monoisotopic (exact) mass is 360 g/mol. The van der Waals surface area contributed by atoms with Gasteiger partial charge in [0.05, 0.1) is 6.20 Å². The van der Waals surface area contributed by atoms with E-state index in [9.17, 15) is 4.79 Å². The van der Waals surface area contributed by atoms with Crippen molar-refractivity contribution in [3.63, 3.8) is 0 Å². The van der Waals surface area contributed by atoms with Crippen LogP contribution in [0.1, 0.15) is 22.6 Å². The molecule has 1 aromatic heterocycles. The molecule has 1 amide bonds. The van der Waals surface area contributed by atoms with E-state index >= 15 is 0 Å². The molecular formula is C21H20N4O2. The second-order valence-electron chi connectivity index (χ2n) is 6.35. The normalized spacial score (nSPS) is 12.7. The van der Waals surface area contributed by atoms with Gasteiger partial charge in [0.1, 0.15) is 12.4 Å². The predicted octanol–water partition coefficient (Wildman–Crippen LogP) is 3.54. The Morgan fingerprint density at radius 1 is 1.15 bits per heavy atom. The number of H-pyrrole nitrogens is 1. The number of hydrogen-bond donors (Lipinski definition) is 3. The third-order valence-corrected chi connectivity index (χ3v) is 4.70. The summed E-state index contributed by atoms with van der Waals surface area (Å²) in [5.41, 5.74) is 11.3. The standard InChI is InChI=1S/C21H20N4O2/c22-20-14(12-24-25-20)6-5-11-23-21(26)27-13-19-17-9-3-1-7-15(17)16-8-2-4-10-18(16)19/h1-10,12,19H,11,13H2,(H,23,26)(H3,22,24,25).